The lowest BCUT2D eigenvalue weighted by Crippen LogP contribution is -2.40. The Balaban J connectivity index is 3.07. The summed E-state index contributed by atoms with van der Waals surface area (Å²) in [5, 5.41) is 10.3. The average Bonchev–Trinajstić information content (AvgIpc) is 2.28. The van der Waals surface area contributed by atoms with Gasteiger partial charge in [-0.1, -0.05) is 23.2 Å². The molecule has 96 valence electrons. The molecule has 2 N–H and O–H groups in total. The summed E-state index contributed by atoms with van der Waals surface area (Å²) >= 11 is 11.3. The first-order chi connectivity index (χ1) is 8.32. The summed E-state index contributed by atoms with van der Waals surface area (Å²) in [6, 6.07) is 2.12. The molecule has 0 aliphatic carbocycles. The quantitative estimate of drug-likeness (QED) is 0.639. The number of carbonyl (C=O) groups excluding carboxylic acids is 2. The van der Waals surface area contributed by atoms with E-state index in [4.69, 9.17) is 23.2 Å². The van der Waals surface area contributed by atoms with Crippen LogP contribution >= 0.6 is 23.2 Å². The topological polar surface area (TPSA) is 101 Å². The van der Waals surface area contributed by atoms with Gasteiger partial charge in [-0.2, -0.15) is 0 Å². The van der Waals surface area contributed by atoms with Crippen LogP contribution in [0.5, 0.6) is 0 Å². The number of hydrogen-bond donors (Lipinski definition) is 2. The molecule has 0 atom stereocenters. The Hall–Kier alpha value is -1.86. The van der Waals surface area contributed by atoms with Crippen molar-refractivity contribution in [2.75, 3.05) is 0 Å². The van der Waals surface area contributed by atoms with Crippen LogP contribution in [-0.2, 0) is 4.79 Å². The smallest absolute Gasteiger partial charge is 0.274 e. The zero-order valence-electron chi connectivity index (χ0n) is 8.99. The van der Waals surface area contributed by atoms with Crippen molar-refractivity contribution in [3.05, 3.63) is 37.9 Å². The minimum atomic E-state index is -0.761. The predicted octanol–water partition coefficient (Wildman–Crippen LogP) is 1.68. The summed E-state index contributed by atoms with van der Waals surface area (Å²) in [6.45, 7) is 1.19. The van der Waals surface area contributed by atoms with Crippen molar-refractivity contribution in [3.63, 3.8) is 0 Å². The normalized spacial score (nSPS) is 9.72. The van der Waals surface area contributed by atoms with Crippen LogP contribution in [0.15, 0.2) is 12.1 Å². The van der Waals surface area contributed by atoms with Crippen molar-refractivity contribution in [1.29, 1.82) is 0 Å². The summed E-state index contributed by atoms with van der Waals surface area (Å²) in [5.41, 5.74) is 3.51. The van der Waals surface area contributed by atoms with Gasteiger partial charge in [0.1, 0.15) is 5.02 Å². The Morgan fingerprint density at radius 3 is 2.39 bits per heavy atom. The first-order valence-electron chi connectivity index (χ1n) is 4.53. The fourth-order valence-corrected chi connectivity index (χ4v) is 1.45. The lowest BCUT2D eigenvalue weighted by molar-refractivity contribution is -0.384. The third kappa shape index (κ3) is 3.31. The molecule has 1 rings (SSSR count). The van der Waals surface area contributed by atoms with Crippen molar-refractivity contribution in [1.82, 2.24) is 10.9 Å². The van der Waals surface area contributed by atoms with E-state index < -0.39 is 22.4 Å². The number of nitrogens with zero attached hydrogens (tertiary/aromatic N) is 1. The van der Waals surface area contributed by atoms with Gasteiger partial charge in [-0.3, -0.25) is 30.6 Å². The van der Waals surface area contributed by atoms with Gasteiger partial charge in [-0.05, 0) is 6.07 Å². The fraction of sp³-hybridized carbons (Fsp3) is 0.111. The van der Waals surface area contributed by atoms with Crippen molar-refractivity contribution in [2.24, 2.45) is 0 Å². The van der Waals surface area contributed by atoms with Crippen LogP contribution in [0, 0.1) is 10.1 Å². The molecule has 0 saturated heterocycles. The Kier molecular flexibility index (Phi) is 4.46. The number of amides is 2. The molecule has 9 heteroatoms. The van der Waals surface area contributed by atoms with Crippen LogP contribution in [-0.4, -0.2) is 16.7 Å². The first kappa shape index (κ1) is 14.2. The number of hydrogen-bond acceptors (Lipinski definition) is 4. The number of nitrogens with one attached hydrogen (secondary N) is 2. The van der Waals surface area contributed by atoms with Crippen LogP contribution in [0.1, 0.15) is 17.3 Å². The molecule has 2 amide bonds. The minimum absolute atomic E-state index is 0.0927. The Bertz CT molecular complexity index is 533. The molecular formula is C9H7Cl2N3O4. The lowest BCUT2D eigenvalue weighted by Gasteiger charge is -2.06. The number of nitro groups is 1. The second-order valence-corrected chi connectivity index (χ2v) is 3.97. The van der Waals surface area contributed by atoms with Crippen LogP contribution < -0.4 is 10.9 Å². The van der Waals surface area contributed by atoms with Gasteiger partial charge in [-0.25, -0.2) is 0 Å². The van der Waals surface area contributed by atoms with Gasteiger partial charge < -0.3 is 0 Å². The highest BCUT2D eigenvalue weighted by molar-refractivity contribution is 6.43. The molecule has 0 spiro atoms. The monoisotopic (exact) mass is 291 g/mol. The third-order valence-electron chi connectivity index (χ3n) is 1.82. The standard InChI is InChI=1S/C9H7Cl2N3O4/c1-4(15)12-13-9(16)5-2-6(10)8(11)7(3-5)14(17)18/h2-3H,1H3,(H,12,15)(H,13,16). The summed E-state index contributed by atoms with van der Waals surface area (Å²) in [7, 11) is 0. The van der Waals surface area contributed by atoms with E-state index in [1.165, 1.54) is 6.92 Å². The summed E-state index contributed by atoms with van der Waals surface area (Å²) in [6.07, 6.45) is 0. The van der Waals surface area contributed by atoms with E-state index in [9.17, 15) is 19.7 Å². The molecule has 0 aliphatic rings. The van der Waals surface area contributed by atoms with E-state index in [1.54, 1.807) is 0 Å². The first-order valence-corrected chi connectivity index (χ1v) is 5.29. The maximum absolute atomic E-state index is 11.5. The van der Waals surface area contributed by atoms with E-state index in [1.807, 2.05) is 10.9 Å². The van der Waals surface area contributed by atoms with Gasteiger partial charge in [0.05, 0.1) is 9.95 Å². The number of benzene rings is 1. The van der Waals surface area contributed by atoms with Gasteiger partial charge in [-0.15, -0.1) is 0 Å². The number of hydrazine groups is 1. The highest BCUT2D eigenvalue weighted by atomic mass is 35.5. The molecule has 1 aromatic rings. The SMILES string of the molecule is CC(=O)NNC(=O)c1cc(Cl)c(Cl)c([N+](=O)[O-])c1. The average molecular weight is 292 g/mol. The van der Waals surface area contributed by atoms with E-state index in [2.05, 4.69) is 0 Å². The second-order valence-electron chi connectivity index (χ2n) is 3.18. The maximum Gasteiger partial charge on any atom is 0.290 e. The van der Waals surface area contributed by atoms with Gasteiger partial charge in [0, 0.05) is 18.6 Å². The Morgan fingerprint density at radius 2 is 1.89 bits per heavy atom. The molecule has 0 heterocycles. The van der Waals surface area contributed by atoms with Gasteiger partial charge >= 0.3 is 0 Å². The van der Waals surface area contributed by atoms with Gasteiger partial charge in [0.25, 0.3) is 11.6 Å². The number of nitro benzene ring substituents is 1. The molecule has 0 fully saturated rings. The highest BCUT2D eigenvalue weighted by Crippen LogP contribution is 2.32. The van der Waals surface area contributed by atoms with Gasteiger partial charge in [0.2, 0.25) is 5.91 Å². The summed E-state index contributed by atoms with van der Waals surface area (Å²) < 4.78 is 0. The van der Waals surface area contributed by atoms with Crippen molar-refractivity contribution in [2.45, 2.75) is 6.92 Å². The molecule has 0 aliphatic heterocycles. The zero-order valence-corrected chi connectivity index (χ0v) is 10.5. The van der Waals surface area contributed by atoms with Crippen LogP contribution in [0.25, 0.3) is 0 Å². The van der Waals surface area contributed by atoms with Crippen LogP contribution in [0.2, 0.25) is 10.0 Å². The van der Waals surface area contributed by atoms with Crippen molar-refractivity contribution >= 4 is 40.7 Å². The summed E-state index contributed by atoms with van der Waals surface area (Å²) in [5.74, 6) is -1.23. The fourth-order valence-electron chi connectivity index (χ4n) is 1.06. The molecule has 7 nitrogen and oxygen atoms in total. The molecule has 1 aromatic carbocycles. The van der Waals surface area contributed by atoms with E-state index in [-0.39, 0.29) is 15.6 Å². The molecular weight excluding hydrogens is 285 g/mol. The maximum atomic E-state index is 11.5. The Labute approximate surface area is 111 Å². The second kappa shape index (κ2) is 5.65. The van der Waals surface area contributed by atoms with Gasteiger partial charge in [0.15, 0.2) is 0 Å². The number of carbonyl (C=O) groups is 2. The van der Waals surface area contributed by atoms with Crippen LogP contribution in [0.4, 0.5) is 5.69 Å². The predicted molar refractivity (Wildman–Crippen MR) is 64.4 cm³/mol. The minimum Gasteiger partial charge on any atom is -0.274 e. The summed E-state index contributed by atoms with van der Waals surface area (Å²) in [4.78, 5) is 32.0. The molecule has 0 unspecified atom stereocenters. The molecule has 0 radical (unpaired) electrons. The molecule has 0 saturated carbocycles. The molecule has 0 aromatic heterocycles. The highest BCUT2D eigenvalue weighted by Gasteiger charge is 2.20. The zero-order chi connectivity index (χ0) is 13.9. The molecule has 0 bridgehead atoms. The third-order valence-corrected chi connectivity index (χ3v) is 2.61. The van der Waals surface area contributed by atoms with E-state index >= 15 is 0 Å². The number of halogens is 2. The van der Waals surface area contributed by atoms with Crippen LogP contribution in [0.3, 0.4) is 0 Å². The lowest BCUT2D eigenvalue weighted by atomic mass is 10.2. The largest absolute Gasteiger partial charge is 0.290 e. The van der Waals surface area contributed by atoms with E-state index in [0.29, 0.717) is 0 Å². The van der Waals surface area contributed by atoms with Crippen molar-refractivity contribution < 1.29 is 14.5 Å². The van der Waals surface area contributed by atoms with Crippen molar-refractivity contribution in [3.8, 4) is 0 Å². The molecule has 18 heavy (non-hydrogen) atoms. The van der Waals surface area contributed by atoms with E-state index in [0.717, 1.165) is 12.1 Å². The Morgan fingerprint density at radius 1 is 1.28 bits per heavy atom. The number of rotatable bonds is 2.